The number of aliphatic hydroxyl groups is 1. The molecule has 2 heterocycles. The molecule has 2 N–H and O–H groups in total. The number of likely N-dealkylation sites (N-methyl/N-ethyl adjacent to an activating group) is 1. The van der Waals surface area contributed by atoms with E-state index in [-0.39, 0.29) is 17.0 Å². The zero-order valence-electron chi connectivity index (χ0n) is 19.3. The quantitative estimate of drug-likeness (QED) is 0.579. The number of aromatic nitrogens is 1. The van der Waals surface area contributed by atoms with Gasteiger partial charge in [-0.15, -0.1) is 0 Å². The van der Waals surface area contributed by atoms with Gasteiger partial charge in [0.05, 0.1) is 29.3 Å². The van der Waals surface area contributed by atoms with Crippen molar-refractivity contribution in [1.82, 2.24) is 9.29 Å². The third-order valence-corrected chi connectivity index (χ3v) is 8.72. The fraction of sp³-hybridized carbons (Fsp3) is 0.400. The Hall–Kier alpha value is -2.88. The first-order chi connectivity index (χ1) is 16.2. The second kappa shape index (κ2) is 8.72. The second-order valence-electron chi connectivity index (χ2n) is 9.23. The molecular formula is C25H29N3O5S. The monoisotopic (exact) mass is 483 g/mol. The fourth-order valence-corrected chi connectivity index (χ4v) is 6.60. The Morgan fingerprint density at radius 2 is 2.00 bits per heavy atom. The summed E-state index contributed by atoms with van der Waals surface area (Å²) in [7, 11) is -2.09. The van der Waals surface area contributed by atoms with Crippen LogP contribution in [0.1, 0.15) is 30.4 Å². The van der Waals surface area contributed by atoms with E-state index in [0.717, 1.165) is 29.6 Å². The summed E-state index contributed by atoms with van der Waals surface area (Å²) in [5.74, 6) is 0.515. The first kappa shape index (κ1) is 22.9. The van der Waals surface area contributed by atoms with Crippen LogP contribution in [-0.4, -0.2) is 55.2 Å². The van der Waals surface area contributed by atoms with E-state index in [9.17, 15) is 18.3 Å². The molecule has 8 nitrogen and oxygen atoms in total. The van der Waals surface area contributed by atoms with E-state index in [1.165, 1.54) is 4.31 Å². The molecule has 2 aliphatic rings. The molecule has 1 aliphatic heterocycles. The van der Waals surface area contributed by atoms with Crippen molar-refractivity contribution in [2.45, 2.75) is 49.8 Å². The van der Waals surface area contributed by atoms with E-state index in [0.29, 0.717) is 36.3 Å². The fourth-order valence-electron chi connectivity index (χ4n) is 4.92. The highest BCUT2D eigenvalue weighted by Gasteiger charge is 2.39. The lowest BCUT2D eigenvalue weighted by atomic mass is 10.1. The summed E-state index contributed by atoms with van der Waals surface area (Å²) in [5, 5.41) is 11.5. The number of aliphatic hydroxyl groups excluding tert-OH is 1. The maximum Gasteiger partial charge on any atom is 0.252 e. The van der Waals surface area contributed by atoms with Gasteiger partial charge in [0.1, 0.15) is 12.4 Å². The first-order valence-corrected chi connectivity index (χ1v) is 13.0. The van der Waals surface area contributed by atoms with Crippen LogP contribution < -0.4 is 15.2 Å². The molecule has 2 unspecified atom stereocenters. The van der Waals surface area contributed by atoms with Crippen LogP contribution in [-0.2, 0) is 16.6 Å². The Bertz CT molecular complexity index is 1400. The Kier molecular flexibility index (Phi) is 5.87. The van der Waals surface area contributed by atoms with Gasteiger partial charge in [-0.1, -0.05) is 12.1 Å². The number of anilines is 1. The van der Waals surface area contributed by atoms with E-state index >= 15 is 0 Å². The van der Waals surface area contributed by atoms with E-state index in [4.69, 9.17) is 4.74 Å². The molecule has 3 aromatic rings. The molecule has 180 valence electrons. The minimum Gasteiger partial charge on any atom is -0.490 e. The number of pyridine rings is 1. The minimum atomic E-state index is -4.02. The van der Waals surface area contributed by atoms with Crippen molar-refractivity contribution in [3.8, 4) is 5.75 Å². The highest BCUT2D eigenvalue weighted by Crippen LogP contribution is 2.36. The zero-order chi connectivity index (χ0) is 24.0. The van der Waals surface area contributed by atoms with Crippen molar-refractivity contribution >= 4 is 26.6 Å². The average molecular weight is 484 g/mol. The molecule has 1 saturated carbocycles. The number of benzene rings is 2. The van der Waals surface area contributed by atoms with Gasteiger partial charge in [0.2, 0.25) is 10.0 Å². The molecule has 0 bridgehead atoms. The van der Waals surface area contributed by atoms with Gasteiger partial charge in [0.25, 0.3) is 5.56 Å². The third kappa shape index (κ3) is 4.08. The summed E-state index contributed by atoms with van der Waals surface area (Å²) in [6.07, 6.45) is 1.01. The number of nitrogens with zero attached hydrogens (tertiary/aromatic N) is 2. The molecule has 1 aromatic heterocycles. The lowest BCUT2D eigenvalue weighted by Gasteiger charge is -2.31. The summed E-state index contributed by atoms with van der Waals surface area (Å²) in [4.78, 5) is 17.9. The van der Waals surface area contributed by atoms with Crippen molar-refractivity contribution in [3.63, 3.8) is 0 Å². The summed E-state index contributed by atoms with van der Waals surface area (Å²) >= 11 is 0. The van der Waals surface area contributed by atoms with Crippen molar-refractivity contribution in [3.05, 3.63) is 63.9 Å². The molecule has 2 aromatic carbocycles. The molecule has 34 heavy (non-hydrogen) atoms. The largest absolute Gasteiger partial charge is 0.490 e. The van der Waals surface area contributed by atoms with E-state index in [1.807, 2.05) is 37.1 Å². The van der Waals surface area contributed by atoms with Gasteiger partial charge in [-0.3, -0.25) is 4.79 Å². The number of aryl methyl sites for hydroxylation is 1. The van der Waals surface area contributed by atoms with Crippen LogP contribution in [0.25, 0.3) is 10.9 Å². The highest BCUT2D eigenvalue weighted by molar-refractivity contribution is 7.89. The number of hydrogen-bond acceptors (Lipinski definition) is 6. The Morgan fingerprint density at radius 3 is 2.76 bits per heavy atom. The van der Waals surface area contributed by atoms with E-state index < -0.39 is 22.2 Å². The van der Waals surface area contributed by atoms with Crippen molar-refractivity contribution in [2.75, 3.05) is 25.1 Å². The number of aromatic amines is 1. The van der Waals surface area contributed by atoms with Crippen LogP contribution >= 0.6 is 0 Å². The Balaban J connectivity index is 1.57. The molecule has 0 saturated heterocycles. The SMILES string of the molecule is Cc1ccc2cc(CN(C3CCCC3O)S(=O)(=O)c3ccc4c(c3)OCCN4C)c(=O)[nH]c2c1. The van der Waals surface area contributed by atoms with Gasteiger partial charge in [0, 0.05) is 30.7 Å². The number of hydrogen-bond donors (Lipinski definition) is 2. The molecule has 2 atom stereocenters. The molecule has 0 spiro atoms. The number of ether oxygens (including phenoxy) is 1. The highest BCUT2D eigenvalue weighted by atomic mass is 32.2. The van der Waals surface area contributed by atoms with Crippen molar-refractivity contribution in [1.29, 1.82) is 0 Å². The first-order valence-electron chi connectivity index (χ1n) is 11.5. The predicted octanol–water partition coefficient (Wildman–Crippen LogP) is 2.77. The Labute approximate surface area is 198 Å². The topological polar surface area (TPSA) is 103 Å². The second-order valence-corrected chi connectivity index (χ2v) is 11.1. The molecule has 1 fully saturated rings. The van der Waals surface area contributed by atoms with Crippen LogP contribution in [0.15, 0.2) is 52.2 Å². The third-order valence-electron chi connectivity index (χ3n) is 6.85. The number of fused-ring (bicyclic) bond motifs is 2. The minimum absolute atomic E-state index is 0.0912. The van der Waals surface area contributed by atoms with Crippen LogP contribution in [0.5, 0.6) is 5.75 Å². The van der Waals surface area contributed by atoms with Gasteiger partial charge in [0.15, 0.2) is 0 Å². The number of nitrogens with one attached hydrogen (secondary N) is 1. The van der Waals surface area contributed by atoms with Crippen LogP contribution in [0.3, 0.4) is 0 Å². The number of rotatable bonds is 5. The van der Waals surface area contributed by atoms with Crippen LogP contribution in [0.4, 0.5) is 5.69 Å². The smallest absolute Gasteiger partial charge is 0.252 e. The molecular weight excluding hydrogens is 454 g/mol. The molecule has 1 aliphatic carbocycles. The molecule has 0 radical (unpaired) electrons. The lowest BCUT2D eigenvalue weighted by molar-refractivity contribution is 0.110. The van der Waals surface area contributed by atoms with Gasteiger partial charge in [-0.2, -0.15) is 4.31 Å². The summed E-state index contributed by atoms with van der Waals surface area (Å²) in [6.45, 7) is 3.02. The molecule has 9 heteroatoms. The Morgan fingerprint density at radius 1 is 1.18 bits per heavy atom. The maximum atomic E-state index is 13.9. The number of sulfonamides is 1. The van der Waals surface area contributed by atoms with Gasteiger partial charge in [-0.05, 0) is 61.4 Å². The van der Waals surface area contributed by atoms with Crippen LogP contribution in [0, 0.1) is 6.92 Å². The summed E-state index contributed by atoms with van der Waals surface area (Å²) in [5.41, 5.74) is 2.57. The standard InChI is InChI=1S/C25H29N3O5S/c1-16-6-7-17-13-18(25(30)26-20(17)12-16)15-28(21-4-3-5-23(21)29)34(31,32)19-8-9-22-24(14-19)33-11-10-27(22)2/h6-9,12-14,21,23,29H,3-5,10-11,15H2,1-2H3,(H,26,30). The van der Waals surface area contributed by atoms with Crippen LogP contribution in [0.2, 0.25) is 0 Å². The predicted molar refractivity (Wildman–Crippen MR) is 131 cm³/mol. The van der Waals surface area contributed by atoms with Crippen molar-refractivity contribution < 1.29 is 18.3 Å². The summed E-state index contributed by atoms with van der Waals surface area (Å²) < 4.78 is 34.8. The zero-order valence-corrected chi connectivity index (χ0v) is 20.1. The lowest BCUT2D eigenvalue weighted by Crippen LogP contribution is -2.44. The van der Waals surface area contributed by atoms with Crippen molar-refractivity contribution in [2.24, 2.45) is 0 Å². The summed E-state index contributed by atoms with van der Waals surface area (Å²) in [6, 6.07) is 11.7. The molecule has 5 rings (SSSR count). The normalized spacial score (nSPS) is 20.5. The van der Waals surface area contributed by atoms with Gasteiger partial charge in [-0.25, -0.2) is 8.42 Å². The maximum absolute atomic E-state index is 13.9. The van der Waals surface area contributed by atoms with Gasteiger partial charge < -0.3 is 19.7 Å². The number of H-pyrrole nitrogens is 1. The van der Waals surface area contributed by atoms with E-state index in [2.05, 4.69) is 4.98 Å². The average Bonchev–Trinajstić information content (AvgIpc) is 3.22. The molecule has 0 amide bonds. The van der Waals surface area contributed by atoms with Gasteiger partial charge >= 0.3 is 0 Å². The van der Waals surface area contributed by atoms with E-state index in [1.54, 1.807) is 24.3 Å².